The summed E-state index contributed by atoms with van der Waals surface area (Å²) in [6.45, 7) is 5.90. The zero-order valence-electron chi connectivity index (χ0n) is 16.0. The molecule has 4 rings (SSSR count). The van der Waals surface area contributed by atoms with Crippen molar-refractivity contribution in [3.05, 3.63) is 56.8 Å². The van der Waals surface area contributed by atoms with Crippen molar-refractivity contribution in [3.63, 3.8) is 0 Å². The number of hydrazone groups is 1. The van der Waals surface area contributed by atoms with Gasteiger partial charge in [0.2, 0.25) is 5.17 Å². The summed E-state index contributed by atoms with van der Waals surface area (Å²) in [5.41, 5.74) is 3.79. The number of carbonyl (C=O) groups excluding carboxylic acids is 1. The van der Waals surface area contributed by atoms with Gasteiger partial charge in [0.05, 0.1) is 15.6 Å². The van der Waals surface area contributed by atoms with Crippen LogP contribution in [0.3, 0.4) is 0 Å². The number of halogens is 2. The predicted octanol–water partition coefficient (Wildman–Crippen LogP) is 5.43. The first-order valence-electron chi connectivity index (χ1n) is 8.93. The molecule has 0 spiro atoms. The van der Waals surface area contributed by atoms with Crippen LogP contribution in [0, 0.1) is 19.3 Å². The van der Waals surface area contributed by atoms with E-state index in [0.29, 0.717) is 15.2 Å². The van der Waals surface area contributed by atoms with E-state index >= 15 is 0 Å². The maximum Gasteiger partial charge on any atom is 0.283 e. The lowest BCUT2D eigenvalue weighted by atomic mass is 10.1. The van der Waals surface area contributed by atoms with E-state index in [4.69, 9.17) is 28.6 Å². The summed E-state index contributed by atoms with van der Waals surface area (Å²) in [5.74, 6) is -0.393. The van der Waals surface area contributed by atoms with Crippen LogP contribution in [0.1, 0.15) is 30.3 Å². The summed E-state index contributed by atoms with van der Waals surface area (Å²) in [7, 11) is 0. The Balaban J connectivity index is 1.76. The molecule has 6 nitrogen and oxygen atoms in total. The Morgan fingerprint density at radius 1 is 1.21 bits per heavy atom. The molecule has 1 amide bonds. The highest BCUT2D eigenvalue weighted by Gasteiger charge is 2.35. The maximum absolute atomic E-state index is 12.6. The smallest absolute Gasteiger partial charge is 0.283 e. The van der Waals surface area contributed by atoms with Crippen molar-refractivity contribution < 1.29 is 4.79 Å². The van der Waals surface area contributed by atoms with E-state index in [9.17, 15) is 4.79 Å². The Morgan fingerprint density at radius 3 is 2.66 bits per heavy atom. The number of nitrogens with zero attached hydrogens (tertiary/aromatic N) is 4. The van der Waals surface area contributed by atoms with Gasteiger partial charge in [0, 0.05) is 17.1 Å². The zero-order chi connectivity index (χ0) is 20.9. The molecule has 148 valence electrons. The highest BCUT2D eigenvalue weighted by atomic mass is 35.5. The Morgan fingerprint density at radius 2 is 1.97 bits per heavy atom. The molecule has 0 saturated carbocycles. The maximum atomic E-state index is 12.6. The van der Waals surface area contributed by atoms with Crippen molar-refractivity contribution >= 4 is 63.0 Å². The summed E-state index contributed by atoms with van der Waals surface area (Å²) < 4.78 is 2.03. The van der Waals surface area contributed by atoms with Crippen LogP contribution < -0.4 is 0 Å². The monoisotopic (exact) mass is 445 g/mol. The first kappa shape index (κ1) is 19.9. The van der Waals surface area contributed by atoms with Crippen molar-refractivity contribution in [2.45, 2.75) is 27.2 Å². The lowest BCUT2D eigenvalue weighted by Gasteiger charge is -2.20. The van der Waals surface area contributed by atoms with Gasteiger partial charge in [-0.2, -0.15) is 15.1 Å². The van der Waals surface area contributed by atoms with Crippen LogP contribution in [-0.4, -0.2) is 31.5 Å². The van der Waals surface area contributed by atoms with Crippen molar-refractivity contribution in [3.8, 4) is 5.69 Å². The number of amides is 1. The van der Waals surface area contributed by atoms with E-state index in [1.807, 2.05) is 37.5 Å². The molecule has 2 aliphatic heterocycles. The fourth-order valence-corrected chi connectivity index (χ4v) is 4.40. The fraction of sp³-hybridized carbons (Fsp3) is 0.200. The molecule has 2 aromatic rings. The van der Waals surface area contributed by atoms with Crippen LogP contribution in [-0.2, 0) is 4.79 Å². The van der Waals surface area contributed by atoms with Crippen molar-refractivity contribution in [2.24, 2.45) is 10.1 Å². The molecule has 9 heteroatoms. The molecule has 29 heavy (non-hydrogen) atoms. The van der Waals surface area contributed by atoms with Gasteiger partial charge in [0.15, 0.2) is 5.84 Å². The van der Waals surface area contributed by atoms with Gasteiger partial charge in [-0.25, -0.2) is 0 Å². The van der Waals surface area contributed by atoms with Gasteiger partial charge in [-0.05, 0) is 67.9 Å². The molecule has 1 N–H and O–H groups in total. The summed E-state index contributed by atoms with van der Waals surface area (Å²) >= 11 is 13.5. The number of nitrogens with one attached hydrogen (secondary N) is 1. The van der Waals surface area contributed by atoms with Crippen LogP contribution in [0.15, 0.2) is 39.9 Å². The lowest BCUT2D eigenvalue weighted by molar-refractivity contribution is -0.114. The fourth-order valence-electron chi connectivity index (χ4n) is 3.29. The van der Waals surface area contributed by atoms with Crippen molar-refractivity contribution in [2.75, 3.05) is 0 Å². The van der Waals surface area contributed by atoms with Crippen molar-refractivity contribution in [1.29, 1.82) is 5.41 Å². The minimum atomic E-state index is -0.430. The molecule has 2 aliphatic rings. The van der Waals surface area contributed by atoms with E-state index in [0.717, 1.165) is 34.1 Å². The standard InChI is InChI=1S/C20H17Cl2N5OS/c1-4-17-25-27-18(23)14(19(28)24-20(27)29-17)8-12-7-10(2)26(11(12)3)13-5-6-15(21)16(22)9-13/h5-9,23H,4H2,1-3H3/b14-8-,23-18?. The molecular weight excluding hydrogens is 429 g/mol. The average molecular weight is 446 g/mol. The molecule has 1 aromatic heterocycles. The van der Waals surface area contributed by atoms with Gasteiger partial charge >= 0.3 is 0 Å². The third-order valence-electron chi connectivity index (χ3n) is 4.73. The van der Waals surface area contributed by atoms with Gasteiger partial charge in [0.25, 0.3) is 5.91 Å². The van der Waals surface area contributed by atoms with Crippen molar-refractivity contribution in [1.82, 2.24) is 9.58 Å². The number of aliphatic imine (C=N–C) groups is 1. The minimum absolute atomic E-state index is 0.0373. The normalized spacial score (nSPS) is 17.7. The molecule has 0 aliphatic carbocycles. The van der Waals surface area contributed by atoms with Crippen LogP contribution >= 0.6 is 35.0 Å². The highest BCUT2D eigenvalue weighted by Crippen LogP contribution is 2.31. The highest BCUT2D eigenvalue weighted by molar-refractivity contribution is 8.26. The summed E-state index contributed by atoms with van der Waals surface area (Å²) in [6.07, 6.45) is 2.43. The largest absolute Gasteiger partial charge is 0.318 e. The number of aryl methyl sites for hydroxylation is 1. The lowest BCUT2D eigenvalue weighted by Crippen LogP contribution is -2.35. The van der Waals surface area contributed by atoms with E-state index in [1.165, 1.54) is 16.8 Å². The number of amidine groups is 2. The number of rotatable bonds is 3. The van der Waals surface area contributed by atoms with Crippen LogP contribution in [0.25, 0.3) is 11.8 Å². The third-order valence-corrected chi connectivity index (χ3v) is 6.52. The topological polar surface area (TPSA) is 73.8 Å². The molecular formula is C20H17Cl2N5OS. The Kier molecular flexibility index (Phi) is 5.14. The van der Waals surface area contributed by atoms with Gasteiger partial charge in [-0.3, -0.25) is 10.2 Å². The first-order chi connectivity index (χ1) is 13.8. The summed E-state index contributed by atoms with van der Waals surface area (Å²) in [6, 6.07) is 7.40. The number of hydrogen-bond acceptors (Lipinski definition) is 4. The molecule has 0 fully saturated rings. The first-order valence-corrected chi connectivity index (χ1v) is 10.5. The van der Waals surface area contributed by atoms with E-state index in [-0.39, 0.29) is 11.4 Å². The molecule has 0 bridgehead atoms. The number of carbonyl (C=O) groups is 1. The second-order valence-corrected chi connectivity index (χ2v) is 8.48. The Labute approximate surface area is 182 Å². The summed E-state index contributed by atoms with van der Waals surface area (Å²) in [4.78, 5) is 16.7. The van der Waals surface area contributed by atoms with Crippen LogP contribution in [0.4, 0.5) is 0 Å². The van der Waals surface area contributed by atoms with Crippen LogP contribution in [0.5, 0.6) is 0 Å². The van der Waals surface area contributed by atoms with Gasteiger partial charge in [-0.1, -0.05) is 30.1 Å². The molecule has 0 atom stereocenters. The quantitative estimate of drug-likeness (QED) is 0.639. The molecule has 0 saturated heterocycles. The Hall–Kier alpha value is -2.35. The zero-order valence-corrected chi connectivity index (χ0v) is 18.3. The van der Waals surface area contributed by atoms with E-state index in [2.05, 4.69) is 10.1 Å². The van der Waals surface area contributed by atoms with Gasteiger partial charge in [0.1, 0.15) is 5.04 Å². The second-order valence-electron chi connectivity index (χ2n) is 6.63. The molecule has 0 unspecified atom stereocenters. The predicted molar refractivity (Wildman–Crippen MR) is 121 cm³/mol. The van der Waals surface area contributed by atoms with E-state index < -0.39 is 5.91 Å². The SMILES string of the molecule is CCC1=NN2C(=N)/C(=C/c3cc(C)n(-c4ccc(Cl)c(Cl)c4)c3C)C(=O)N=C2S1. The molecule has 3 heterocycles. The summed E-state index contributed by atoms with van der Waals surface area (Å²) in [5, 5.41) is 16.5. The minimum Gasteiger partial charge on any atom is -0.318 e. The van der Waals surface area contributed by atoms with E-state index in [1.54, 1.807) is 18.2 Å². The number of benzene rings is 1. The average Bonchev–Trinajstić information content (AvgIpc) is 3.21. The second kappa shape index (κ2) is 7.48. The number of thioether (sulfide) groups is 1. The molecule has 1 aromatic carbocycles. The van der Waals surface area contributed by atoms with Crippen LogP contribution in [0.2, 0.25) is 10.0 Å². The number of aromatic nitrogens is 1. The third kappa shape index (κ3) is 3.43. The molecule has 0 radical (unpaired) electrons. The van der Waals surface area contributed by atoms with Gasteiger partial charge in [-0.15, -0.1) is 0 Å². The number of fused-ring (bicyclic) bond motifs is 1. The Bertz CT molecular complexity index is 1160. The van der Waals surface area contributed by atoms with Gasteiger partial charge < -0.3 is 4.57 Å². The number of hydrogen-bond donors (Lipinski definition) is 1.